The maximum Gasteiger partial charge on any atom is 0.405 e. The predicted molar refractivity (Wildman–Crippen MR) is 72.6 cm³/mol. The van der Waals surface area contributed by atoms with Gasteiger partial charge in [-0.1, -0.05) is 17.7 Å². The molecule has 0 aliphatic rings. The summed E-state index contributed by atoms with van der Waals surface area (Å²) in [6, 6.07) is 4.30. The molecule has 2 N–H and O–H groups in total. The van der Waals surface area contributed by atoms with Crippen molar-refractivity contribution in [1.82, 2.24) is 0 Å². The Kier molecular flexibility index (Phi) is 5.10. The Morgan fingerprint density at radius 3 is 2.21 bits per heavy atom. The minimum absolute atomic E-state index is 0.253. The van der Waals surface area contributed by atoms with Crippen LogP contribution >= 0.6 is 11.6 Å². The maximum atomic E-state index is 12.6. The zero-order valence-corrected chi connectivity index (χ0v) is 11.9. The van der Waals surface area contributed by atoms with Gasteiger partial charge in [-0.3, -0.25) is 0 Å². The Balaban J connectivity index is 3.08. The third-order valence-corrected chi connectivity index (χ3v) is 3.11. The number of alkyl halides is 3. The van der Waals surface area contributed by atoms with Crippen molar-refractivity contribution in [2.75, 3.05) is 11.4 Å². The molecule has 2 nitrogen and oxygen atoms in total. The van der Waals surface area contributed by atoms with Crippen LogP contribution in [0.3, 0.4) is 0 Å². The van der Waals surface area contributed by atoms with Gasteiger partial charge in [-0.05, 0) is 38.5 Å². The average molecular weight is 295 g/mol. The molecule has 0 aliphatic heterocycles. The van der Waals surface area contributed by atoms with Gasteiger partial charge >= 0.3 is 6.18 Å². The molecule has 19 heavy (non-hydrogen) atoms. The molecule has 1 atom stereocenters. The molecule has 1 aromatic rings. The standard InChI is InChI=1S/C13H18ClF3N2/c1-8(2)19(7-13(15,16)17)10-4-5-11(9(3)18)12(14)6-10/h4-6,8-9H,7,18H2,1-3H3. The summed E-state index contributed by atoms with van der Waals surface area (Å²) in [5.41, 5.74) is 6.89. The highest BCUT2D eigenvalue weighted by Gasteiger charge is 2.32. The van der Waals surface area contributed by atoms with E-state index in [9.17, 15) is 13.2 Å². The van der Waals surface area contributed by atoms with Crippen molar-refractivity contribution in [2.45, 2.75) is 39.0 Å². The van der Waals surface area contributed by atoms with Gasteiger partial charge in [0.15, 0.2) is 0 Å². The van der Waals surface area contributed by atoms with Crippen LogP contribution in [-0.2, 0) is 0 Å². The van der Waals surface area contributed by atoms with E-state index in [1.54, 1.807) is 32.9 Å². The number of hydrogen-bond donors (Lipinski definition) is 1. The molecule has 0 amide bonds. The number of nitrogens with zero attached hydrogens (tertiary/aromatic N) is 1. The molecule has 1 rings (SSSR count). The topological polar surface area (TPSA) is 29.3 Å². The predicted octanol–water partition coefficient (Wildman–Crippen LogP) is 4.14. The van der Waals surface area contributed by atoms with E-state index in [1.165, 1.54) is 11.0 Å². The van der Waals surface area contributed by atoms with Crippen LogP contribution in [0.25, 0.3) is 0 Å². The molecule has 1 unspecified atom stereocenters. The van der Waals surface area contributed by atoms with Crippen LogP contribution in [0, 0.1) is 0 Å². The van der Waals surface area contributed by atoms with Gasteiger partial charge < -0.3 is 10.6 Å². The SMILES string of the molecule is CC(N)c1ccc(N(CC(F)(F)F)C(C)C)cc1Cl. The molecule has 0 bridgehead atoms. The van der Waals surface area contributed by atoms with Crippen molar-refractivity contribution in [3.8, 4) is 0 Å². The van der Waals surface area contributed by atoms with Crippen LogP contribution in [0.1, 0.15) is 32.4 Å². The Hall–Kier alpha value is -0.940. The fourth-order valence-corrected chi connectivity index (χ4v) is 2.18. The van der Waals surface area contributed by atoms with Gasteiger partial charge in [0.1, 0.15) is 6.54 Å². The monoisotopic (exact) mass is 294 g/mol. The highest BCUT2D eigenvalue weighted by atomic mass is 35.5. The molecule has 0 aliphatic carbocycles. The van der Waals surface area contributed by atoms with E-state index in [-0.39, 0.29) is 12.1 Å². The van der Waals surface area contributed by atoms with E-state index in [4.69, 9.17) is 17.3 Å². The second kappa shape index (κ2) is 6.01. The Labute approximate surface area is 116 Å². The second-order valence-corrected chi connectivity index (χ2v) is 5.24. The van der Waals surface area contributed by atoms with Crippen molar-refractivity contribution < 1.29 is 13.2 Å². The first-order chi connectivity index (χ1) is 8.61. The van der Waals surface area contributed by atoms with Crippen LogP contribution in [0.5, 0.6) is 0 Å². The van der Waals surface area contributed by atoms with E-state index < -0.39 is 12.7 Å². The highest BCUT2D eigenvalue weighted by Crippen LogP contribution is 2.30. The molecular formula is C13H18ClF3N2. The van der Waals surface area contributed by atoms with E-state index in [1.807, 2.05) is 0 Å². The molecule has 0 radical (unpaired) electrons. The summed E-state index contributed by atoms with van der Waals surface area (Å²) in [6.45, 7) is 4.19. The zero-order valence-electron chi connectivity index (χ0n) is 11.1. The number of anilines is 1. The number of nitrogens with two attached hydrogens (primary N) is 1. The van der Waals surface area contributed by atoms with E-state index in [0.29, 0.717) is 10.7 Å². The minimum Gasteiger partial charge on any atom is -0.360 e. The minimum atomic E-state index is -4.25. The van der Waals surface area contributed by atoms with Crippen LogP contribution in [0.15, 0.2) is 18.2 Å². The quantitative estimate of drug-likeness (QED) is 0.904. The highest BCUT2D eigenvalue weighted by molar-refractivity contribution is 6.31. The molecule has 0 fully saturated rings. The van der Waals surface area contributed by atoms with Crippen molar-refractivity contribution in [3.63, 3.8) is 0 Å². The van der Waals surface area contributed by atoms with Gasteiger partial charge in [0, 0.05) is 22.8 Å². The molecule has 0 saturated carbocycles. The van der Waals surface area contributed by atoms with Crippen molar-refractivity contribution in [2.24, 2.45) is 5.73 Å². The molecule has 1 aromatic carbocycles. The summed E-state index contributed by atoms with van der Waals surface area (Å²) in [4.78, 5) is 1.26. The van der Waals surface area contributed by atoms with Crippen LogP contribution in [0.2, 0.25) is 5.02 Å². The summed E-state index contributed by atoms with van der Waals surface area (Å²) in [5, 5.41) is 0.389. The number of hydrogen-bond acceptors (Lipinski definition) is 2. The van der Waals surface area contributed by atoms with Gasteiger partial charge in [0.05, 0.1) is 0 Å². The maximum absolute atomic E-state index is 12.6. The van der Waals surface area contributed by atoms with Gasteiger partial charge in [-0.15, -0.1) is 0 Å². The van der Waals surface area contributed by atoms with Gasteiger partial charge in [-0.2, -0.15) is 13.2 Å². The Bertz CT molecular complexity index is 430. The van der Waals surface area contributed by atoms with Crippen LogP contribution < -0.4 is 10.6 Å². The van der Waals surface area contributed by atoms with Gasteiger partial charge in [-0.25, -0.2) is 0 Å². The van der Waals surface area contributed by atoms with Crippen molar-refractivity contribution in [3.05, 3.63) is 28.8 Å². The number of halogens is 4. The molecule has 108 valence electrons. The molecule has 0 spiro atoms. The second-order valence-electron chi connectivity index (χ2n) is 4.83. The lowest BCUT2D eigenvalue weighted by Crippen LogP contribution is -2.39. The number of rotatable bonds is 4. The van der Waals surface area contributed by atoms with Gasteiger partial charge in [0.2, 0.25) is 0 Å². The first-order valence-electron chi connectivity index (χ1n) is 6.00. The van der Waals surface area contributed by atoms with E-state index in [2.05, 4.69) is 0 Å². The first-order valence-corrected chi connectivity index (χ1v) is 6.38. The molecule has 6 heteroatoms. The summed E-state index contributed by atoms with van der Waals surface area (Å²) in [6.07, 6.45) is -4.25. The Morgan fingerprint density at radius 2 is 1.84 bits per heavy atom. The lowest BCUT2D eigenvalue weighted by molar-refractivity contribution is -0.120. The summed E-state index contributed by atoms with van der Waals surface area (Å²) < 4.78 is 37.7. The third kappa shape index (κ3) is 4.58. The smallest absolute Gasteiger partial charge is 0.360 e. The third-order valence-electron chi connectivity index (χ3n) is 2.78. The van der Waals surface area contributed by atoms with Gasteiger partial charge in [0.25, 0.3) is 0 Å². The zero-order chi connectivity index (χ0) is 14.8. The summed E-state index contributed by atoms with van der Waals surface area (Å²) in [5.74, 6) is 0. The van der Waals surface area contributed by atoms with E-state index in [0.717, 1.165) is 5.56 Å². The molecule has 0 heterocycles. The normalized spacial score (nSPS) is 13.7. The van der Waals surface area contributed by atoms with Crippen molar-refractivity contribution >= 4 is 17.3 Å². The van der Waals surface area contributed by atoms with Crippen LogP contribution in [-0.4, -0.2) is 18.8 Å². The first kappa shape index (κ1) is 16.1. The largest absolute Gasteiger partial charge is 0.405 e. The lowest BCUT2D eigenvalue weighted by Gasteiger charge is -2.30. The fourth-order valence-electron chi connectivity index (χ4n) is 1.83. The van der Waals surface area contributed by atoms with Crippen molar-refractivity contribution in [1.29, 1.82) is 0 Å². The summed E-state index contributed by atoms with van der Waals surface area (Å²) >= 11 is 6.06. The van der Waals surface area contributed by atoms with E-state index >= 15 is 0 Å². The molecule has 0 aromatic heterocycles. The number of benzene rings is 1. The lowest BCUT2D eigenvalue weighted by atomic mass is 10.1. The molecule has 0 saturated heterocycles. The molecular weight excluding hydrogens is 277 g/mol. The van der Waals surface area contributed by atoms with Crippen LogP contribution in [0.4, 0.5) is 18.9 Å². The average Bonchev–Trinajstić information content (AvgIpc) is 2.23. The fraction of sp³-hybridized carbons (Fsp3) is 0.538. The summed E-state index contributed by atoms with van der Waals surface area (Å²) in [7, 11) is 0. The Morgan fingerprint density at radius 1 is 1.26 bits per heavy atom.